The maximum absolute atomic E-state index is 14.7. The first-order valence-corrected chi connectivity index (χ1v) is 18.0. The molecule has 5 rings (SSSR count). The molecule has 2 amide bonds. The van der Waals surface area contributed by atoms with Crippen molar-refractivity contribution >= 4 is 39.1 Å². The highest BCUT2D eigenvalue weighted by Crippen LogP contribution is 2.28. The summed E-state index contributed by atoms with van der Waals surface area (Å²) in [5, 5.41) is 3.65. The predicted octanol–water partition coefficient (Wildman–Crippen LogP) is 7.24. The Morgan fingerprint density at radius 3 is 2.17 bits per heavy atom. The van der Waals surface area contributed by atoms with Crippen LogP contribution in [0.15, 0.2) is 108 Å². The smallest absolute Gasteiger partial charge is 0.264 e. The number of rotatable bonds is 12. The van der Waals surface area contributed by atoms with E-state index in [1.54, 1.807) is 17.0 Å². The fourth-order valence-corrected chi connectivity index (χ4v) is 7.80. The highest BCUT2D eigenvalue weighted by molar-refractivity contribution is 7.92. The van der Waals surface area contributed by atoms with Crippen LogP contribution in [0.3, 0.4) is 0 Å². The Morgan fingerprint density at radius 2 is 1.49 bits per heavy atom. The molecular formula is C38H42ClN3O4S. The maximum Gasteiger partial charge on any atom is 0.264 e. The summed E-state index contributed by atoms with van der Waals surface area (Å²) in [6.07, 6.45) is 5.33. The highest BCUT2D eigenvalue weighted by Gasteiger charge is 2.35. The number of carbonyl (C=O) groups is 2. The average molecular weight is 672 g/mol. The lowest BCUT2D eigenvalue weighted by Crippen LogP contribution is -2.55. The topological polar surface area (TPSA) is 86.8 Å². The van der Waals surface area contributed by atoms with E-state index in [-0.39, 0.29) is 29.8 Å². The minimum Gasteiger partial charge on any atom is -0.352 e. The number of hydrogen-bond donors (Lipinski definition) is 1. The largest absolute Gasteiger partial charge is 0.352 e. The molecule has 47 heavy (non-hydrogen) atoms. The summed E-state index contributed by atoms with van der Waals surface area (Å²) >= 11 is 6.09. The van der Waals surface area contributed by atoms with Crippen LogP contribution in [0.5, 0.6) is 0 Å². The number of anilines is 1. The summed E-state index contributed by atoms with van der Waals surface area (Å²) in [6.45, 7) is 3.43. The van der Waals surface area contributed by atoms with Crippen LogP contribution >= 0.6 is 11.6 Å². The first-order valence-electron chi connectivity index (χ1n) is 16.1. The second-order valence-corrected chi connectivity index (χ2v) is 14.6. The van der Waals surface area contributed by atoms with Crippen molar-refractivity contribution < 1.29 is 18.0 Å². The molecule has 0 saturated heterocycles. The van der Waals surface area contributed by atoms with Gasteiger partial charge in [-0.05, 0) is 73.7 Å². The van der Waals surface area contributed by atoms with Gasteiger partial charge in [0.1, 0.15) is 12.6 Å². The number of para-hydroxylation sites is 1. The third kappa shape index (κ3) is 8.82. The van der Waals surface area contributed by atoms with Crippen LogP contribution in [0, 0.1) is 13.8 Å². The van der Waals surface area contributed by atoms with Crippen LogP contribution in [0.4, 0.5) is 5.69 Å². The molecule has 1 aliphatic rings. The summed E-state index contributed by atoms with van der Waals surface area (Å²) in [5.74, 6) is -0.711. The fourth-order valence-electron chi connectivity index (χ4n) is 6.20. The molecule has 1 atom stereocenters. The number of carbonyl (C=O) groups excluding carboxylic acids is 2. The lowest BCUT2D eigenvalue weighted by atomic mass is 9.94. The first kappa shape index (κ1) is 34.2. The fraction of sp³-hybridized carbons (Fsp3) is 0.316. The lowest BCUT2D eigenvalue weighted by Gasteiger charge is -2.35. The minimum atomic E-state index is -4.20. The summed E-state index contributed by atoms with van der Waals surface area (Å²) in [7, 11) is -4.20. The van der Waals surface area contributed by atoms with Gasteiger partial charge in [-0.3, -0.25) is 13.9 Å². The van der Waals surface area contributed by atoms with Gasteiger partial charge in [-0.15, -0.1) is 0 Å². The van der Waals surface area contributed by atoms with Crippen LogP contribution in [-0.2, 0) is 32.6 Å². The van der Waals surface area contributed by atoms with Crippen LogP contribution < -0.4 is 9.62 Å². The zero-order valence-electron chi connectivity index (χ0n) is 26.9. The van der Waals surface area contributed by atoms with Gasteiger partial charge in [0.2, 0.25) is 11.8 Å². The van der Waals surface area contributed by atoms with Crippen molar-refractivity contribution in [3.05, 3.63) is 130 Å². The molecule has 246 valence electrons. The van der Waals surface area contributed by atoms with Crippen LogP contribution in [-0.4, -0.2) is 43.8 Å². The Balaban J connectivity index is 1.57. The molecule has 0 radical (unpaired) electrons. The highest BCUT2D eigenvalue weighted by atomic mass is 35.5. The monoisotopic (exact) mass is 671 g/mol. The molecule has 9 heteroatoms. The van der Waals surface area contributed by atoms with Crippen LogP contribution in [0.25, 0.3) is 0 Å². The van der Waals surface area contributed by atoms with Crippen molar-refractivity contribution in [3.63, 3.8) is 0 Å². The van der Waals surface area contributed by atoms with E-state index in [4.69, 9.17) is 11.6 Å². The van der Waals surface area contributed by atoms with Gasteiger partial charge < -0.3 is 10.2 Å². The number of hydrogen-bond acceptors (Lipinski definition) is 4. The zero-order valence-corrected chi connectivity index (χ0v) is 28.5. The van der Waals surface area contributed by atoms with Gasteiger partial charge in [0.15, 0.2) is 0 Å². The molecule has 1 saturated carbocycles. The van der Waals surface area contributed by atoms with E-state index in [1.807, 2.05) is 80.6 Å². The SMILES string of the molecule is Cc1cccc(CN(C(=O)CN(c2ccccc2C)S(=O)(=O)c2ccc(Cl)cc2)[C@@H](Cc2ccccc2)C(=O)NC2CCCCC2)c1. The quantitative estimate of drug-likeness (QED) is 0.172. The Hall–Kier alpha value is -4.14. The molecule has 4 aromatic carbocycles. The third-order valence-corrected chi connectivity index (χ3v) is 10.7. The van der Waals surface area contributed by atoms with E-state index >= 15 is 0 Å². The molecule has 4 aromatic rings. The molecule has 0 unspecified atom stereocenters. The summed E-state index contributed by atoms with van der Waals surface area (Å²) in [6, 6.07) is 29.6. The molecule has 7 nitrogen and oxygen atoms in total. The van der Waals surface area contributed by atoms with Crippen LogP contribution in [0.1, 0.15) is 54.4 Å². The second-order valence-electron chi connectivity index (χ2n) is 12.3. The molecular weight excluding hydrogens is 630 g/mol. The van der Waals surface area contributed by atoms with E-state index < -0.39 is 28.5 Å². The Labute approximate surface area is 283 Å². The van der Waals surface area contributed by atoms with E-state index in [9.17, 15) is 18.0 Å². The van der Waals surface area contributed by atoms with Crippen molar-refractivity contribution in [2.75, 3.05) is 10.8 Å². The molecule has 0 bridgehead atoms. The van der Waals surface area contributed by atoms with Gasteiger partial charge in [0.05, 0.1) is 10.6 Å². The number of halogens is 1. The van der Waals surface area contributed by atoms with Crippen molar-refractivity contribution in [2.45, 2.75) is 75.9 Å². The van der Waals surface area contributed by atoms with E-state index in [0.717, 1.165) is 53.1 Å². The number of benzene rings is 4. The van der Waals surface area contributed by atoms with E-state index in [2.05, 4.69) is 5.32 Å². The van der Waals surface area contributed by atoms with Gasteiger partial charge in [-0.2, -0.15) is 0 Å². The van der Waals surface area contributed by atoms with Crippen molar-refractivity contribution in [1.82, 2.24) is 10.2 Å². The van der Waals surface area contributed by atoms with E-state index in [0.29, 0.717) is 16.3 Å². The second kappa shape index (κ2) is 15.6. The molecule has 1 fully saturated rings. The number of sulfonamides is 1. The zero-order chi connectivity index (χ0) is 33.4. The van der Waals surface area contributed by atoms with Gasteiger partial charge in [-0.25, -0.2) is 8.42 Å². The molecule has 1 N–H and O–H groups in total. The number of nitrogens with zero attached hydrogens (tertiary/aromatic N) is 2. The van der Waals surface area contributed by atoms with Gasteiger partial charge in [0.25, 0.3) is 10.0 Å². The lowest BCUT2D eigenvalue weighted by molar-refractivity contribution is -0.140. The first-order chi connectivity index (χ1) is 22.6. The number of aryl methyl sites for hydroxylation is 2. The van der Waals surface area contributed by atoms with Crippen molar-refractivity contribution in [3.8, 4) is 0 Å². The minimum absolute atomic E-state index is 0.0130. The van der Waals surface area contributed by atoms with Crippen molar-refractivity contribution in [2.24, 2.45) is 0 Å². The summed E-state index contributed by atoms with van der Waals surface area (Å²) in [5.41, 5.74) is 3.86. The van der Waals surface area contributed by atoms with Crippen LogP contribution in [0.2, 0.25) is 5.02 Å². The molecule has 1 aliphatic carbocycles. The normalized spacial score (nSPS) is 14.3. The number of amides is 2. The maximum atomic E-state index is 14.7. The Bertz CT molecular complexity index is 1770. The Kier molecular flexibility index (Phi) is 11.4. The number of nitrogens with one attached hydrogen (secondary N) is 1. The molecule has 0 spiro atoms. The summed E-state index contributed by atoms with van der Waals surface area (Å²) < 4.78 is 29.6. The average Bonchev–Trinajstić information content (AvgIpc) is 3.06. The van der Waals surface area contributed by atoms with Gasteiger partial charge in [0, 0.05) is 24.0 Å². The third-order valence-electron chi connectivity index (χ3n) is 8.72. The van der Waals surface area contributed by atoms with Gasteiger partial charge in [-0.1, -0.05) is 109 Å². The Morgan fingerprint density at radius 1 is 0.830 bits per heavy atom. The molecule has 0 aliphatic heterocycles. The molecule has 0 heterocycles. The summed E-state index contributed by atoms with van der Waals surface area (Å²) in [4.78, 5) is 30.5. The molecule has 0 aromatic heterocycles. The van der Waals surface area contributed by atoms with Gasteiger partial charge >= 0.3 is 0 Å². The van der Waals surface area contributed by atoms with Crippen molar-refractivity contribution in [1.29, 1.82) is 0 Å². The standard InChI is InChI=1S/C38H42ClN3O4S/c1-28-12-11-16-31(24-28)26-41(36(25-30-14-5-3-6-15-30)38(44)40-33-17-7-4-8-18-33)37(43)27-42(35-19-10-9-13-29(35)2)47(45,46)34-22-20-32(39)21-23-34/h3,5-6,9-16,19-24,33,36H,4,7-8,17-18,25-27H2,1-2H3,(H,40,44)/t36-/m0/s1. The predicted molar refractivity (Wildman–Crippen MR) is 188 cm³/mol. The van der Waals surface area contributed by atoms with E-state index in [1.165, 1.54) is 24.3 Å².